The lowest BCUT2D eigenvalue weighted by molar-refractivity contribution is -0.167. The summed E-state index contributed by atoms with van der Waals surface area (Å²) in [6, 6.07) is 7.60. The van der Waals surface area contributed by atoms with Gasteiger partial charge in [-0.15, -0.1) is 0 Å². The molecule has 1 fully saturated rings. The summed E-state index contributed by atoms with van der Waals surface area (Å²) in [6.45, 7) is 4.79. The van der Waals surface area contributed by atoms with Crippen LogP contribution in [0.1, 0.15) is 50.2 Å². The number of hydrogen-bond donors (Lipinski definition) is 0. The number of benzene rings is 2. The topological polar surface area (TPSA) is 18.5 Å². The van der Waals surface area contributed by atoms with Crippen molar-refractivity contribution < 1.29 is 22.6 Å². The van der Waals surface area contributed by atoms with E-state index in [4.69, 9.17) is 9.47 Å². The summed E-state index contributed by atoms with van der Waals surface area (Å²) in [5.74, 6) is -2.44. The van der Waals surface area contributed by atoms with E-state index in [2.05, 4.69) is 0 Å². The third-order valence-electron chi connectivity index (χ3n) is 5.04. The highest BCUT2D eigenvalue weighted by Gasteiger charge is 2.27. The molecule has 0 radical (unpaired) electrons. The van der Waals surface area contributed by atoms with Gasteiger partial charge in [0.1, 0.15) is 5.82 Å². The first-order valence-electron chi connectivity index (χ1n) is 9.55. The van der Waals surface area contributed by atoms with Crippen LogP contribution in [0, 0.1) is 17.5 Å². The lowest BCUT2D eigenvalue weighted by Gasteiger charge is -2.29. The highest BCUT2D eigenvalue weighted by atomic mass is 19.2. The van der Waals surface area contributed by atoms with Gasteiger partial charge in [-0.25, -0.2) is 13.2 Å². The molecular formula is C22H25F3O2. The Labute approximate surface area is 158 Å². The zero-order valence-corrected chi connectivity index (χ0v) is 15.7. The molecule has 3 rings (SSSR count). The fraction of sp³-hybridized carbons (Fsp3) is 0.455. The van der Waals surface area contributed by atoms with Crippen LogP contribution in [-0.4, -0.2) is 19.5 Å². The van der Waals surface area contributed by atoms with Crippen LogP contribution in [0.15, 0.2) is 30.3 Å². The molecule has 2 aromatic rings. The van der Waals surface area contributed by atoms with Gasteiger partial charge in [0.25, 0.3) is 0 Å². The highest BCUT2D eigenvalue weighted by molar-refractivity contribution is 5.65. The summed E-state index contributed by atoms with van der Waals surface area (Å²) in [7, 11) is 0. The fourth-order valence-electron chi connectivity index (χ4n) is 3.46. The third-order valence-corrected chi connectivity index (χ3v) is 5.04. The summed E-state index contributed by atoms with van der Waals surface area (Å²) in [4.78, 5) is 0. The molecule has 0 aromatic heterocycles. The SMILES string of the molecule is CCCOC1CCC(c2ccc(-c3ccc(CC)c(F)c3)c(F)c2F)CO1. The van der Waals surface area contributed by atoms with Crippen LogP contribution in [0.4, 0.5) is 13.2 Å². The van der Waals surface area contributed by atoms with Crippen molar-refractivity contribution >= 4 is 0 Å². The molecule has 5 heteroatoms. The average molecular weight is 378 g/mol. The molecule has 2 atom stereocenters. The summed E-state index contributed by atoms with van der Waals surface area (Å²) in [5.41, 5.74) is 1.26. The minimum atomic E-state index is -0.944. The molecule has 2 aromatic carbocycles. The largest absolute Gasteiger partial charge is 0.353 e. The van der Waals surface area contributed by atoms with Crippen molar-refractivity contribution in [2.45, 2.75) is 51.7 Å². The number of halogens is 3. The molecule has 2 nitrogen and oxygen atoms in total. The van der Waals surface area contributed by atoms with Crippen molar-refractivity contribution in [3.8, 4) is 11.1 Å². The van der Waals surface area contributed by atoms with Crippen molar-refractivity contribution in [3.05, 3.63) is 58.9 Å². The number of rotatable bonds is 6. The Morgan fingerprint density at radius 3 is 2.48 bits per heavy atom. The Kier molecular flexibility index (Phi) is 6.55. The molecule has 0 N–H and O–H groups in total. The van der Waals surface area contributed by atoms with Crippen LogP contribution in [0.2, 0.25) is 0 Å². The normalized spacial score (nSPS) is 20.0. The van der Waals surface area contributed by atoms with Crippen molar-refractivity contribution in [1.29, 1.82) is 0 Å². The van der Waals surface area contributed by atoms with Gasteiger partial charge in [-0.1, -0.05) is 38.1 Å². The van der Waals surface area contributed by atoms with E-state index < -0.39 is 17.5 Å². The second-order valence-electron chi connectivity index (χ2n) is 6.90. The van der Waals surface area contributed by atoms with Crippen molar-refractivity contribution in [1.82, 2.24) is 0 Å². The van der Waals surface area contributed by atoms with Gasteiger partial charge in [-0.2, -0.15) is 0 Å². The molecule has 0 amide bonds. The smallest absolute Gasteiger partial charge is 0.166 e. The van der Waals surface area contributed by atoms with E-state index >= 15 is 0 Å². The van der Waals surface area contributed by atoms with Crippen LogP contribution in [0.3, 0.4) is 0 Å². The van der Waals surface area contributed by atoms with Gasteiger partial charge >= 0.3 is 0 Å². The maximum Gasteiger partial charge on any atom is 0.166 e. The van der Waals surface area contributed by atoms with E-state index in [0.717, 1.165) is 6.42 Å². The van der Waals surface area contributed by atoms with Crippen LogP contribution >= 0.6 is 0 Å². The molecule has 1 saturated heterocycles. The molecule has 0 saturated carbocycles. The first-order chi connectivity index (χ1) is 13.0. The van der Waals surface area contributed by atoms with Crippen LogP contribution in [-0.2, 0) is 15.9 Å². The molecule has 0 aliphatic carbocycles. The van der Waals surface area contributed by atoms with Gasteiger partial charge in [-0.3, -0.25) is 0 Å². The lowest BCUT2D eigenvalue weighted by atomic mass is 9.90. The van der Waals surface area contributed by atoms with E-state index in [1.807, 2.05) is 13.8 Å². The van der Waals surface area contributed by atoms with Gasteiger partial charge in [0.2, 0.25) is 0 Å². The Morgan fingerprint density at radius 1 is 1.04 bits per heavy atom. The van der Waals surface area contributed by atoms with Crippen LogP contribution < -0.4 is 0 Å². The monoisotopic (exact) mass is 378 g/mol. The number of aryl methyl sites for hydroxylation is 1. The van der Waals surface area contributed by atoms with E-state index in [-0.39, 0.29) is 17.8 Å². The number of hydrogen-bond acceptors (Lipinski definition) is 2. The minimum absolute atomic E-state index is 0.0682. The molecule has 1 aliphatic rings. The first kappa shape index (κ1) is 19.9. The van der Waals surface area contributed by atoms with E-state index in [1.54, 1.807) is 18.2 Å². The first-order valence-corrected chi connectivity index (χ1v) is 9.55. The average Bonchev–Trinajstić information content (AvgIpc) is 2.69. The molecule has 0 spiro atoms. The predicted octanol–water partition coefficient (Wildman–Crippen LogP) is 5.98. The van der Waals surface area contributed by atoms with Crippen molar-refractivity contribution in [3.63, 3.8) is 0 Å². The zero-order valence-electron chi connectivity index (χ0n) is 15.7. The Hall–Kier alpha value is -1.85. The molecule has 146 valence electrons. The van der Waals surface area contributed by atoms with E-state index in [0.29, 0.717) is 49.2 Å². The zero-order chi connectivity index (χ0) is 19.4. The van der Waals surface area contributed by atoms with Gasteiger partial charge in [0, 0.05) is 18.1 Å². The van der Waals surface area contributed by atoms with Gasteiger partial charge in [0.15, 0.2) is 17.9 Å². The summed E-state index contributed by atoms with van der Waals surface area (Å²) < 4.78 is 54.6. The molecule has 27 heavy (non-hydrogen) atoms. The molecule has 2 unspecified atom stereocenters. The Bertz CT molecular complexity index is 783. The summed E-state index contributed by atoms with van der Waals surface area (Å²) in [5, 5.41) is 0. The van der Waals surface area contributed by atoms with Crippen molar-refractivity contribution in [2.75, 3.05) is 13.2 Å². The van der Waals surface area contributed by atoms with Crippen LogP contribution in [0.25, 0.3) is 11.1 Å². The number of ether oxygens (including phenoxy) is 2. The standard InChI is InChI=1S/C22H25F3O2/c1-3-11-26-20-10-7-16(13-27-20)18-9-8-17(21(24)22(18)25)15-6-5-14(4-2)19(23)12-15/h5-6,8-9,12,16,20H,3-4,7,10-11,13H2,1-2H3. The van der Waals surface area contributed by atoms with Gasteiger partial charge < -0.3 is 9.47 Å². The van der Waals surface area contributed by atoms with Gasteiger partial charge in [0.05, 0.1) is 6.61 Å². The fourth-order valence-corrected chi connectivity index (χ4v) is 3.46. The van der Waals surface area contributed by atoms with Gasteiger partial charge in [-0.05, 0) is 48.4 Å². The summed E-state index contributed by atoms with van der Waals surface area (Å²) in [6.07, 6.45) is 2.51. The molecular weight excluding hydrogens is 353 g/mol. The molecule has 0 bridgehead atoms. The quantitative estimate of drug-likeness (QED) is 0.616. The lowest BCUT2D eigenvalue weighted by Crippen LogP contribution is -2.28. The Morgan fingerprint density at radius 2 is 1.85 bits per heavy atom. The third kappa shape index (κ3) is 4.36. The van der Waals surface area contributed by atoms with Crippen molar-refractivity contribution in [2.24, 2.45) is 0 Å². The molecule has 1 heterocycles. The van der Waals surface area contributed by atoms with E-state index in [9.17, 15) is 13.2 Å². The van der Waals surface area contributed by atoms with E-state index in [1.165, 1.54) is 12.1 Å². The predicted molar refractivity (Wildman–Crippen MR) is 99.1 cm³/mol. The highest BCUT2D eigenvalue weighted by Crippen LogP contribution is 2.34. The van der Waals surface area contributed by atoms with Crippen LogP contribution in [0.5, 0.6) is 0 Å². The maximum absolute atomic E-state index is 14.7. The maximum atomic E-state index is 14.7. The molecule has 1 aliphatic heterocycles. The summed E-state index contributed by atoms with van der Waals surface area (Å²) >= 11 is 0. The Balaban J connectivity index is 1.79. The second-order valence-corrected chi connectivity index (χ2v) is 6.90. The minimum Gasteiger partial charge on any atom is -0.353 e. The second kappa shape index (κ2) is 8.89.